The van der Waals surface area contributed by atoms with Crippen LogP contribution in [0.5, 0.6) is 5.75 Å². The van der Waals surface area contributed by atoms with Crippen LogP contribution >= 0.6 is 0 Å². The Morgan fingerprint density at radius 3 is 2.65 bits per heavy atom. The Kier molecular flexibility index (Phi) is 4.45. The molecule has 0 fully saturated rings. The molecule has 0 aliphatic heterocycles. The predicted octanol–water partition coefficient (Wildman–Crippen LogP) is 1.28. The van der Waals surface area contributed by atoms with Crippen LogP contribution in [0.1, 0.15) is 24.2 Å². The Morgan fingerprint density at radius 1 is 1.47 bits per heavy atom. The number of rotatable bonds is 4. The maximum Gasteiger partial charge on any atom is 0.258 e. The summed E-state index contributed by atoms with van der Waals surface area (Å²) in [6.45, 7) is 3.62. The number of amides is 1. The summed E-state index contributed by atoms with van der Waals surface area (Å²) >= 11 is 0. The van der Waals surface area contributed by atoms with E-state index in [1.54, 1.807) is 13.8 Å². The van der Waals surface area contributed by atoms with E-state index in [9.17, 15) is 19.4 Å². The van der Waals surface area contributed by atoms with Crippen LogP contribution in [0.2, 0.25) is 0 Å². The van der Waals surface area contributed by atoms with Crippen LogP contribution in [0.4, 0.5) is 4.39 Å². The number of phenols is 1. The lowest BCUT2D eigenvalue weighted by molar-refractivity contribution is 0.0865. The van der Waals surface area contributed by atoms with Crippen LogP contribution in [0.3, 0.4) is 0 Å². The van der Waals surface area contributed by atoms with Crippen molar-refractivity contribution in [1.29, 1.82) is 0 Å². The summed E-state index contributed by atoms with van der Waals surface area (Å²) in [7, 11) is 0. The standard InChI is InChI=1S/C12H16FNO3/c1-7(2)10(16)6-14-12(17)11-8(13)4-3-5-9(11)15/h3-5,7,10,15-16H,6H2,1-2H3,(H,14,17). The van der Waals surface area contributed by atoms with Gasteiger partial charge in [0.25, 0.3) is 5.91 Å². The lowest BCUT2D eigenvalue weighted by atomic mass is 10.1. The molecule has 1 amide bonds. The number of carbonyl (C=O) groups is 1. The van der Waals surface area contributed by atoms with Crippen molar-refractivity contribution < 1.29 is 19.4 Å². The SMILES string of the molecule is CC(C)C(O)CNC(=O)c1c(O)cccc1F. The molecular formula is C12H16FNO3. The highest BCUT2D eigenvalue weighted by Gasteiger charge is 2.17. The van der Waals surface area contributed by atoms with Gasteiger partial charge >= 0.3 is 0 Å². The van der Waals surface area contributed by atoms with Crippen LogP contribution in [0.25, 0.3) is 0 Å². The molecule has 5 heteroatoms. The fourth-order valence-electron chi connectivity index (χ4n) is 1.26. The summed E-state index contributed by atoms with van der Waals surface area (Å²) in [6, 6.07) is 3.63. The first-order valence-corrected chi connectivity index (χ1v) is 5.37. The Labute approximate surface area is 99.1 Å². The number of benzene rings is 1. The topological polar surface area (TPSA) is 69.6 Å². The first-order valence-electron chi connectivity index (χ1n) is 5.37. The van der Waals surface area contributed by atoms with Gasteiger partial charge in [0.1, 0.15) is 17.1 Å². The molecule has 0 aliphatic rings. The number of hydrogen-bond acceptors (Lipinski definition) is 3. The Balaban J connectivity index is 2.71. The van der Waals surface area contributed by atoms with Crippen LogP contribution in [0.15, 0.2) is 18.2 Å². The second-order valence-corrected chi connectivity index (χ2v) is 4.16. The van der Waals surface area contributed by atoms with Crippen LogP contribution in [-0.2, 0) is 0 Å². The van der Waals surface area contributed by atoms with Gasteiger partial charge in [-0.25, -0.2) is 4.39 Å². The summed E-state index contributed by atoms with van der Waals surface area (Å²) in [6.07, 6.45) is -0.701. The van der Waals surface area contributed by atoms with Gasteiger partial charge < -0.3 is 15.5 Å². The molecule has 3 N–H and O–H groups in total. The zero-order chi connectivity index (χ0) is 13.0. The van der Waals surface area contributed by atoms with E-state index in [1.165, 1.54) is 12.1 Å². The molecule has 0 aromatic heterocycles. The second-order valence-electron chi connectivity index (χ2n) is 4.16. The molecule has 0 radical (unpaired) electrons. The second kappa shape index (κ2) is 5.63. The molecule has 0 aliphatic carbocycles. The normalized spacial score (nSPS) is 12.5. The number of aliphatic hydroxyl groups is 1. The molecule has 17 heavy (non-hydrogen) atoms. The summed E-state index contributed by atoms with van der Waals surface area (Å²) in [4.78, 5) is 11.6. The van der Waals surface area contributed by atoms with Crippen molar-refractivity contribution in [3.05, 3.63) is 29.6 Å². The van der Waals surface area contributed by atoms with Crippen LogP contribution in [-0.4, -0.2) is 28.8 Å². The fourth-order valence-corrected chi connectivity index (χ4v) is 1.26. The number of phenolic OH excluding ortho intramolecular Hbond substituents is 1. The lowest BCUT2D eigenvalue weighted by Gasteiger charge is -2.15. The van der Waals surface area contributed by atoms with Gasteiger partial charge in [0, 0.05) is 6.54 Å². The van der Waals surface area contributed by atoms with Gasteiger partial charge in [0.2, 0.25) is 0 Å². The van der Waals surface area contributed by atoms with Gasteiger partial charge in [-0.2, -0.15) is 0 Å². The molecule has 94 valence electrons. The average molecular weight is 241 g/mol. The first-order chi connectivity index (χ1) is 7.93. The molecule has 0 saturated carbocycles. The molecule has 1 rings (SSSR count). The molecule has 1 atom stereocenters. The van der Waals surface area contributed by atoms with Crippen molar-refractivity contribution in [2.45, 2.75) is 20.0 Å². The summed E-state index contributed by atoms with van der Waals surface area (Å²) < 4.78 is 13.3. The quantitative estimate of drug-likeness (QED) is 0.743. The van der Waals surface area contributed by atoms with E-state index in [4.69, 9.17) is 0 Å². The van der Waals surface area contributed by atoms with Gasteiger partial charge in [0.05, 0.1) is 6.10 Å². The Bertz CT molecular complexity index is 386. The number of carbonyl (C=O) groups excluding carboxylic acids is 1. The maximum absolute atomic E-state index is 13.3. The Hall–Kier alpha value is -1.62. The largest absolute Gasteiger partial charge is 0.507 e. The van der Waals surface area contributed by atoms with E-state index in [0.717, 1.165) is 6.07 Å². The van der Waals surface area contributed by atoms with Gasteiger partial charge in [-0.1, -0.05) is 19.9 Å². The third-order valence-corrected chi connectivity index (χ3v) is 2.46. The molecular weight excluding hydrogens is 225 g/mol. The molecule has 4 nitrogen and oxygen atoms in total. The van der Waals surface area contributed by atoms with Gasteiger partial charge in [-0.15, -0.1) is 0 Å². The van der Waals surface area contributed by atoms with E-state index in [0.29, 0.717) is 0 Å². The van der Waals surface area contributed by atoms with E-state index < -0.39 is 29.1 Å². The van der Waals surface area contributed by atoms with Crippen molar-refractivity contribution >= 4 is 5.91 Å². The summed E-state index contributed by atoms with van der Waals surface area (Å²) in [5.74, 6) is -1.95. The smallest absolute Gasteiger partial charge is 0.258 e. The molecule has 1 aromatic carbocycles. The van der Waals surface area contributed by atoms with Crippen molar-refractivity contribution in [3.63, 3.8) is 0 Å². The van der Waals surface area contributed by atoms with E-state index in [2.05, 4.69) is 5.32 Å². The minimum absolute atomic E-state index is 0.00971. The molecule has 0 bridgehead atoms. The minimum Gasteiger partial charge on any atom is -0.507 e. The van der Waals surface area contributed by atoms with Crippen molar-refractivity contribution in [1.82, 2.24) is 5.32 Å². The van der Waals surface area contributed by atoms with Crippen LogP contribution in [0, 0.1) is 11.7 Å². The monoisotopic (exact) mass is 241 g/mol. The lowest BCUT2D eigenvalue weighted by Crippen LogP contribution is -2.35. The molecule has 0 spiro atoms. The van der Waals surface area contributed by atoms with E-state index in [-0.39, 0.29) is 12.5 Å². The van der Waals surface area contributed by atoms with E-state index >= 15 is 0 Å². The van der Waals surface area contributed by atoms with E-state index in [1.807, 2.05) is 0 Å². The molecule has 1 aromatic rings. The highest BCUT2D eigenvalue weighted by molar-refractivity contribution is 5.97. The summed E-state index contributed by atoms with van der Waals surface area (Å²) in [5.41, 5.74) is -0.400. The number of aliphatic hydroxyl groups excluding tert-OH is 1. The van der Waals surface area contributed by atoms with Crippen molar-refractivity contribution in [2.75, 3.05) is 6.54 Å². The van der Waals surface area contributed by atoms with Gasteiger partial charge in [0.15, 0.2) is 0 Å². The molecule has 0 saturated heterocycles. The molecule has 1 unspecified atom stereocenters. The maximum atomic E-state index is 13.3. The van der Waals surface area contributed by atoms with Crippen LogP contribution < -0.4 is 5.32 Å². The minimum atomic E-state index is -0.790. The van der Waals surface area contributed by atoms with Crippen molar-refractivity contribution in [3.8, 4) is 5.75 Å². The van der Waals surface area contributed by atoms with Gasteiger partial charge in [-0.05, 0) is 18.1 Å². The average Bonchev–Trinajstić information content (AvgIpc) is 2.25. The zero-order valence-electron chi connectivity index (χ0n) is 9.77. The zero-order valence-corrected chi connectivity index (χ0v) is 9.77. The van der Waals surface area contributed by atoms with Gasteiger partial charge in [-0.3, -0.25) is 4.79 Å². The number of aromatic hydroxyl groups is 1. The Morgan fingerprint density at radius 2 is 2.12 bits per heavy atom. The number of hydrogen-bond donors (Lipinski definition) is 3. The predicted molar refractivity (Wildman–Crippen MR) is 61.2 cm³/mol. The first kappa shape index (κ1) is 13.4. The third-order valence-electron chi connectivity index (χ3n) is 2.46. The highest BCUT2D eigenvalue weighted by Crippen LogP contribution is 2.19. The number of halogens is 1. The fraction of sp³-hybridized carbons (Fsp3) is 0.417. The third kappa shape index (κ3) is 3.42. The highest BCUT2D eigenvalue weighted by atomic mass is 19.1. The summed E-state index contributed by atoms with van der Waals surface area (Å²) in [5, 5.41) is 21.2. The van der Waals surface area contributed by atoms with Crippen molar-refractivity contribution in [2.24, 2.45) is 5.92 Å². The number of nitrogens with one attached hydrogen (secondary N) is 1. The molecule has 0 heterocycles.